The van der Waals surface area contributed by atoms with Gasteiger partial charge in [-0.05, 0) is 49.6 Å². The van der Waals surface area contributed by atoms with Gasteiger partial charge in [-0.2, -0.15) is 0 Å². The maximum Gasteiger partial charge on any atom is 0.273 e. The molecule has 2 heterocycles. The monoisotopic (exact) mass is 406 g/mol. The first-order valence-corrected chi connectivity index (χ1v) is 10.8. The maximum absolute atomic E-state index is 12.9. The average Bonchev–Trinajstić information content (AvgIpc) is 3.20. The Morgan fingerprint density at radius 3 is 2.45 bits per heavy atom. The molecule has 1 amide bonds. The van der Waals surface area contributed by atoms with Gasteiger partial charge in [0.2, 0.25) is 0 Å². The van der Waals surface area contributed by atoms with Gasteiger partial charge in [0.15, 0.2) is 5.13 Å². The van der Waals surface area contributed by atoms with Gasteiger partial charge in [-0.3, -0.25) is 4.79 Å². The van der Waals surface area contributed by atoms with E-state index in [2.05, 4.69) is 60.2 Å². The number of anilines is 3. The van der Waals surface area contributed by atoms with Gasteiger partial charge in [0.05, 0.1) is 0 Å². The number of para-hydroxylation sites is 1. The molecule has 0 radical (unpaired) electrons. The molecule has 1 aliphatic heterocycles. The van der Waals surface area contributed by atoms with Gasteiger partial charge >= 0.3 is 0 Å². The van der Waals surface area contributed by atoms with Crippen molar-refractivity contribution in [1.29, 1.82) is 0 Å². The van der Waals surface area contributed by atoms with Crippen LogP contribution in [0.3, 0.4) is 0 Å². The summed E-state index contributed by atoms with van der Waals surface area (Å²) >= 11 is 1.47. The highest BCUT2D eigenvalue weighted by Gasteiger charge is 2.24. The van der Waals surface area contributed by atoms with E-state index in [0.717, 1.165) is 29.5 Å². The SMILES string of the molecule is Cc1ccccc1Nc1nc(C(=O)N2CCN(c3cccc(C)c3C)CC2)cs1. The number of nitrogens with zero attached hydrogens (tertiary/aromatic N) is 3. The van der Waals surface area contributed by atoms with Crippen molar-refractivity contribution in [2.45, 2.75) is 20.8 Å². The van der Waals surface area contributed by atoms with Crippen LogP contribution in [0.5, 0.6) is 0 Å². The molecule has 5 nitrogen and oxygen atoms in total. The number of benzene rings is 2. The summed E-state index contributed by atoms with van der Waals surface area (Å²) in [7, 11) is 0. The Morgan fingerprint density at radius 2 is 1.69 bits per heavy atom. The van der Waals surface area contributed by atoms with Crippen molar-refractivity contribution in [2.24, 2.45) is 0 Å². The van der Waals surface area contributed by atoms with Crippen LogP contribution in [0.25, 0.3) is 0 Å². The van der Waals surface area contributed by atoms with Gasteiger partial charge in [0, 0.05) is 42.9 Å². The molecule has 0 atom stereocenters. The predicted molar refractivity (Wildman–Crippen MR) is 121 cm³/mol. The Balaban J connectivity index is 1.39. The fraction of sp³-hybridized carbons (Fsp3) is 0.304. The summed E-state index contributed by atoms with van der Waals surface area (Å²) in [5, 5.41) is 5.91. The molecule has 150 valence electrons. The van der Waals surface area contributed by atoms with Crippen LogP contribution in [0.1, 0.15) is 27.2 Å². The van der Waals surface area contributed by atoms with Gasteiger partial charge in [0.1, 0.15) is 5.69 Å². The first kappa shape index (κ1) is 19.5. The Morgan fingerprint density at radius 1 is 0.966 bits per heavy atom. The average molecular weight is 407 g/mol. The molecule has 1 N–H and O–H groups in total. The summed E-state index contributed by atoms with van der Waals surface area (Å²) in [4.78, 5) is 21.7. The van der Waals surface area contributed by atoms with E-state index in [4.69, 9.17) is 0 Å². The molecule has 0 spiro atoms. The van der Waals surface area contributed by atoms with E-state index >= 15 is 0 Å². The Hall–Kier alpha value is -2.86. The summed E-state index contributed by atoms with van der Waals surface area (Å²) < 4.78 is 0. The van der Waals surface area contributed by atoms with Crippen LogP contribution < -0.4 is 10.2 Å². The van der Waals surface area contributed by atoms with E-state index < -0.39 is 0 Å². The van der Waals surface area contributed by atoms with Crippen molar-refractivity contribution in [3.8, 4) is 0 Å². The molecule has 0 saturated carbocycles. The van der Waals surface area contributed by atoms with Gasteiger partial charge in [-0.15, -0.1) is 11.3 Å². The third-order valence-corrected chi connectivity index (χ3v) is 6.35. The molecular formula is C23H26N4OS. The number of carbonyl (C=O) groups is 1. The Kier molecular flexibility index (Phi) is 5.53. The van der Waals surface area contributed by atoms with Gasteiger partial charge in [-0.1, -0.05) is 30.3 Å². The summed E-state index contributed by atoms with van der Waals surface area (Å²) in [5.41, 5.74) is 6.58. The van der Waals surface area contributed by atoms with Crippen LogP contribution >= 0.6 is 11.3 Å². The third-order valence-electron chi connectivity index (χ3n) is 5.59. The highest BCUT2D eigenvalue weighted by atomic mass is 32.1. The molecule has 0 bridgehead atoms. The van der Waals surface area contributed by atoms with Crippen molar-refractivity contribution in [1.82, 2.24) is 9.88 Å². The third kappa shape index (κ3) is 4.12. The van der Waals surface area contributed by atoms with E-state index in [-0.39, 0.29) is 5.91 Å². The number of carbonyl (C=O) groups excluding carboxylic acids is 1. The van der Waals surface area contributed by atoms with Gasteiger partial charge < -0.3 is 15.1 Å². The number of hydrogen-bond acceptors (Lipinski definition) is 5. The molecule has 1 fully saturated rings. The van der Waals surface area contributed by atoms with Crippen LogP contribution in [0.2, 0.25) is 0 Å². The van der Waals surface area contributed by atoms with Crippen LogP contribution in [-0.4, -0.2) is 42.0 Å². The summed E-state index contributed by atoms with van der Waals surface area (Å²) in [6, 6.07) is 14.5. The zero-order chi connectivity index (χ0) is 20.4. The van der Waals surface area contributed by atoms with E-state index in [0.29, 0.717) is 18.8 Å². The van der Waals surface area contributed by atoms with Crippen molar-refractivity contribution in [2.75, 3.05) is 36.4 Å². The largest absolute Gasteiger partial charge is 0.368 e. The van der Waals surface area contributed by atoms with Gasteiger partial charge in [0.25, 0.3) is 5.91 Å². The second-order valence-corrected chi connectivity index (χ2v) is 8.33. The van der Waals surface area contributed by atoms with Crippen molar-refractivity contribution in [3.05, 3.63) is 70.2 Å². The molecule has 0 aliphatic carbocycles. The fourth-order valence-corrected chi connectivity index (χ4v) is 4.35. The summed E-state index contributed by atoms with van der Waals surface area (Å²) in [6.45, 7) is 9.47. The number of piperazine rings is 1. The molecular weight excluding hydrogens is 380 g/mol. The zero-order valence-electron chi connectivity index (χ0n) is 17.1. The lowest BCUT2D eigenvalue weighted by Gasteiger charge is -2.36. The quantitative estimate of drug-likeness (QED) is 0.678. The standard InChI is InChI=1S/C23H26N4OS/c1-16-8-6-10-21(18(16)3)26-11-13-27(14-12-26)22(28)20-15-29-23(25-20)24-19-9-5-4-7-17(19)2/h4-10,15H,11-14H2,1-3H3,(H,24,25). The Bertz CT molecular complexity index is 1020. The molecule has 29 heavy (non-hydrogen) atoms. The Labute approximate surface area is 176 Å². The zero-order valence-corrected chi connectivity index (χ0v) is 17.9. The lowest BCUT2D eigenvalue weighted by molar-refractivity contribution is 0.0742. The lowest BCUT2D eigenvalue weighted by Crippen LogP contribution is -2.49. The minimum atomic E-state index is 0.0136. The normalized spacial score (nSPS) is 14.2. The predicted octanol–water partition coefficient (Wildman–Crippen LogP) is 4.77. The second-order valence-electron chi connectivity index (χ2n) is 7.48. The van der Waals surface area contributed by atoms with Crippen LogP contribution in [0.4, 0.5) is 16.5 Å². The molecule has 0 unspecified atom stereocenters. The molecule has 2 aromatic carbocycles. The topological polar surface area (TPSA) is 48.5 Å². The number of nitrogens with one attached hydrogen (secondary N) is 1. The van der Waals surface area contributed by atoms with E-state index in [1.54, 1.807) is 0 Å². The minimum Gasteiger partial charge on any atom is -0.368 e. The van der Waals surface area contributed by atoms with Crippen LogP contribution in [-0.2, 0) is 0 Å². The minimum absolute atomic E-state index is 0.0136. The summed E-state index contributed by atoms with van der Waals surface area (Å²) in [5.74, 6) is 0.0136. The number of thiazole rings is 1. The van der Waals surface area contributed by atoms with Crippen molar-refractivity contribution < 1.29 is 4.79 Å². The first-order chi connectivity index (χ1) is 14.0. The molecule has 6 heteroatoms. The smallest absolute Gasteiger partial charge is 0.273 e. The number of aromatic nitrogens is 1. The van der Waals surface area contributed by atoms with Crippen LogP contribution in [0, 0.1) is 20.8 Å². The second kappa shape index (κ2) is 8.25. The number of aryl methyl sites for hydroxylation is 2. The molecule has 1 aromatic heterocycles. The van der Waals surface area contributed by atoms with Crippen molar-refractivity contribution >= 4 is 33.8 Å². The van der Waals surface area contributed by atoms with Crippen LogP contribution in [0.15, 0.2) is 47.8 Å². The number of rotatable bonds is 4. The van der Waals surface area contributed by atoms with Crippen molar-refractivity contribution in [3.63, 3.8) is 0 Å². The van der Waals surface area contributed by atoms with E-state index in [1.807, 2.05) is 28.5 Å². The van der Waals surface area contributed by atoms with E-state index in [9.17, 15) is 4.79 Å². The molecule has 4 rings (SSSR count). The van der Waals surface area contributed by atoms with E-state index in [1.165, 1.54) is 28.2 Å². The fourth-order valence-electron chi connectivity index (χ4n) is 3.65. The highest BCUT2D eigenvalue weighted by Crippen LogP contribution is 2.26. The molecule has 3 aromatic rings. The summed E-state index contributed by atoms with van der Waals surface area (Å²) in [6.07, 6.45) is 0. The highest BCUT2D eigenvalue weighted by molar-refractivity contribution is 7.14. The molecule has 1 aliphatic rings. The lowest BCUT2D eigenvalue weighted by atomic mass is 10.1. The molecule has 1 saturated heterocycles. The maximum atomic E-state index is 12.9. The number of amides is 1. The number of hydrogen-bond donors (Lipinski definition) is 1. The van der Waals surface area contributed by atoms with Gasteiger partial charge in [-0.25, -0.2) is 4.98 Å². The first-order valence-electron chi connectivity index (χ1n) is 9.91.